The number of hydrogen-bond donors (Lipinski definition) is 1. The molecule has 1 saturated carbocycles. The van der Waals surface area contributed by atoms with E-state index < -0.39 is 0 Å². The molecule has 1 aliphatic heterocycles. The van der Waals surface area contributed by atoms with Crippen LogP contribution in [-0.4, -0.2) is 48.8 Å². The number of unbranched alkanes of at least 4 members (excludes halogenated alkanes) is 1. The summed E-state index contributed by atoms with van der Waals surface area (Å²) in [5.41, 5.74) is 0.977. The Morgan fingerprint density at radius 2 is 1.94 bits per heavy atom. The fourth-order valence-corrected chi connectivity index (χ4v) is 4.77. The van der Waals surface area contributed by atoms with Gasteiger partial charge in [-0.3, -0.25) is 9.59 Å². The number of aliphatic hydroxyl groups excluding tert-OH is 1. The predicted octanol–water partition coefficient (Wildman–Crippen LogP) is 4.32. The SMILES string of the molecule is CC(=O)O[C@H]1C[C@@H](OC2CCCCO2)[C@H](CO)[C@H]1C/C=C\CCCC(=O)OCc1ccccc1. The molecule has 5 atom stereocenters. The van der Waals surface area contributed by atoms with E-state index in [2.05, 4.69) is 6.08 Å². The summed E-state index contributed by atoms with van der Waals surface area (Å²) in [7, 11) is 0. The lowest BCUT2D eigenvalue weighted by Crippen LogP contribution is -2.33. The summed E-state index contributed by atoms with van der Waals surface area (Å²) >= 11 is 0. The summed E-state index contributed by atoms with van der Waals surface area (Å²) < 4.78 is 22.8. The first-order valence-corrected chi connectivity index (χ1v) is 12.5. The summed E-state index contributed by atoms with van der Waals surface area (Å²) in [6.45, 7) is 2.38. The van der Waals surface area contributed by atoms with Crippen LogP contribution in [0.1, 0.15) is 63.9 Å². The van der Waals surface area contributed by atoms with Crippen LogP contribution in [0.3, 0.4) is 0 Å². The quantitative estimate of drug-likeness (QED) is 0.274. The Kier molecular flexibility index (Phi) is 11.1. The molecule has 0 bridgehead atoms. The fraction of sp³-hybridized carbons (Fsp3) is 0.630. The highest BCUT2D eigenvalue weighted by atomic mass is 16.7. The Bertz CT molecular complexity index is 772. The molecule has 0 radical (unpaired) electrons. The van der Waals surface area contributed by atoms with E-state index in [-0.39, 0.29) is 48.9 Å². The molecule has 0 aromatic heterocycles. The Morgan fingerprint density at radius 3 is 2.65 bits per heavy atom. The molecule has 0 spiro atoms. The molecule has 1 aromatic rings. The van der Waals surface area contributed by atoms with E-state index in [0.717, 1.165) is 31.2 Å². The van der Waals surface area contributed by atoms with Crippen molar-refractivity contribution in [3.63, 3.8) is 0 Å². The van der Waals surface area contributed by atoms with Gasteiger partial charge in [0.15, 0.2) is 6.29 Å². The maximum atomic E-state index is 11.9. The van der Waals surface area contributed by atoms with Crippen molar-refractivity contribution in [3.05, 3.63) is 48.0 Å². The van der Waals surface area contributed by atoms with Crippen LogP contribution in [0.2, 0.25) is 0 Å². The number of aliphatic hydroxyl groups is 1. The van der Waals surface area contributed by atoms with Crippen LogP contribution in [0.4, 0.5) is 0 Å². The molecular formula is C27H38O7. The second-order valence-corrected chi connectivity index (χ2v) is 9.11. The molecule has 0 amide bonds. The van der Waals surface area contributed by atoms with Crippen molar-refractivity contribution in [1.82, 2.24) is 0 Å². The molecule has 7 heteroatoms. The van der Waals surface area contributed by atoms with Gasteiger partial charge in [0, 0.05) is 44.8 Å². The van der Waals surface area contributed by atoms with E-state index in [1.165, 1.54) is 6.92 Å². The second kappa shape index (κ2) is 14.2. The third-order valence-electron chi connectivity index (χ3n) is 6.53. The van der Waals surface area contributed by atoms with Crippen LogP contribution >= 0.6 is 0 Å². The highest BCUT2D eigenvalue weighted by molar-refractivity contribution is 5.69. The van der Waals surface area contributed by atoms with Crippen LogP contribution in [0.5, 0.6) is 0 Å². The Labute approximate surface area is 202 Å². The lowest BCUT2D eigenvalue weighted by Gasteiger charge is -2.29. The number of carbonyl (C=O) groups excluding carboxylic acids is 2. The zero-order chi connectivity index (χ0) is 24.2. The van der Waals surface area contributed by atoms with Gasteiger partial charge in [0.05, 0.1) is 6.10 Å². The molecule has 2 aliphatic rings. The van der Waals surface area contributed by atoms with Crippen molar-refractivity contribution in [2.45, 2.75) is 83.4 Å². The molecule has 1 heterocycles. The van der Waals surface area contributed by atoms with Gasteiger partial charge in [-0.2, -0.15) is 0 Å². The number of allylic oxidation sites excluding steroid dienone is 2. The Morgan fingerprint density at radius 1 is 1.12 bits per heavy atom. The molecule has 7 nitrogen and oxygen atoms in total. The molecule has 2 fully saturated rings. The number of rotatable bonds is 12. The summed E-state index contributed by atoms with van der Waals surface area (Å²) in [5.74, 6) is -0.658. The molecular weight excluding hydrogens is 436 g/mol. The van der Waals surface area contributed by atoms with E-state index in [1.807, 2.05) is 36.4 Å². The smallest absolute Gasteiger partial charge is 0.306 e. The molecule has 1 aliphatic carbocycles. The molecule has 1 saturated heterocycles. The lowest BCUT2D eigenvalue weighted by molar-refractivity contribution is -0.198. The third kappa shape index (κ3) is 8.53. The summed E-state index contributed by atoms with van der Waals surface area (Å²) in [6.07, 6.45) is 9.39. The maximum absolute atomic E-state index is 11.9. The first-order chi connectivity index (χ1) is 16.6. The van der Waals surface area contributed by atoms with E-state index in [4.69, 9.17) is 18.9 Å². The van der Waals surface area contributed by atoms with Crippen LogP contribution in [0.15, 0.2) is 42.5 Å². The first kappa shape index (κ1) is 26.4. The van der Waals surface area contributed by atoms with Crippen LogP contribution in [0, 0.1) is 11.8 Å². The minimum absolute atomic E-state index is 0.0189. The third-order valence-corrected chi connectivity index (χ3v) is 6.53. The first-order valence-electron chi connectivity index (χ1n) is 12.5. The molecule has 188 valence electrons. The highest BCUT2D eigenvalue weighted by Gasteiger charge is 2.45. The molecule has 1 N–H and O–H groups in total. The van der Waals surface area contributed by atoms with Crippen molar-refractivity contribution in [3.8, 4) is 0 Å². The van der Waals surface area contributed by atoms with Crippen molar-refractivity contribution < 1.29 is 33.6 Å². The zero-order valence-corrected chi connectivity index (χ0v) is 20.1. The van der Waals surface area contributed by atoms with Gasteiger partial charge in [0.2, 0.25) is 0 Å². The zero-order valence-electron chi connectivity index (χ0n) is 20.1. The minimum Gasteiger partial charge on any atom is -0.462 e. The average Bonchev–Trinajstić information content (AvgIpc) is 3.16. The average molecular weight is 475 g/mol. The molecule has 1 aromatic carbocycles. The topological polar surface area (TPSA) is 91.3 Å². The van der Waals surface area contributed by atoms with Crippen molar-refractivity contribution >= 4 is 11.9 Å². The van der Waals surface area contributed by atoms with Gasteiger partial charge in [-0.15, -0.1) is 0 Å². The van der Waals surface area contributed by atoms with Crippen LogP contribution < -0.4 is 0 Å². The summed E-state index contributed by atoms with van der Waals surface area (Å²) in [5, 5.41) is 10.1. The van der Waals surface area contributed by atoms with Crippen LogP contribution in [-0.2, 0) is 35.1 Å². The van der Waals surface area contributed by atoms with E-state index in [0.29, 0.717) is 38.9 Å². The van der Waals surface area contributed by atoms with Crippen molar-refractivity contribution in [1.29, 1.82) is 0 Å². The number of esters is 2. The second-order valence-electron chi connectivity index (χ2n) is 9.11. The summed E-state index contributed by atoms with van der Waals surface area (Å²) in [6, 6.07) is 9.63. The van der Waals surface area contributed by atoms with Gasteiger partial charge in [-0.05, 0) is 44.1 Å². The predicted molar refractivity (Wildman–Crippen MR) is 127 cm³/mol. The van der Waals surface area contributed by atoms with E-state index in [9.17, 15) is 14.7 Å². The van der Waals surface area contributed by atoms with Gasteiger partial charge < -0.3 is 24.1 Å². The van der Waals surface area contributed by atoms with Crippen molar-refractivity contribution in [2.24, 2.45) is 11.8 Å². The molecule has 3 rings (SSSR count). The Hall–Kier alpha value is -2.22. The largest absolute Gasteiger partial charge is 0.462 e. The van der Waals surface area contributed by atoms with Gasteiger partial charge >= 0.3 is 11.9 Å². The van der Waals surface area contributed by atoms with Gasteiger partial charge in [-0.25, -0.2) is 0 Å². The standard InChI is InChI=1S/C27H38O7/c1-20(29)33-24-17-25(34-27-15-9-10-16-31-27)23(18-28)22(24)13-7-2-3-8-14-26(30)32-19-21-11-5-4-6-12-21/h2,4-7,11-12,22-25,27-28H,3,8-10,13-19H2,1H3/b7-2-/t22-,23-,24+,25-,27?/m1/s1. The maximum Gasteiger partial charge on any atom is 0.306 e. The number of ether oxygens (including phenoxy) is 4. The normalized spacial score (nSPS) is 27.1. The molecule has 34 heavy (non-hydrogen) atoms. The lowest BCUT2D eigenvalue weighted by atomic mass is 9.91. The van der Waals surface area contributed by atoms with E-state index >= 15 is 0 Å². The van der Waals surface area contributed by atoms with Crippen molar-refractivity contribution in [2.75, 3.05) is 13.2 Å². The molecule has 1 unspecified atom stereocenters. The fourth-order valence-electron chi connectivity index (χ4n) is 4.77. The summed E-state index contributed by atoms with van der Waals surface area (Å²) in [4.78, 5) is 23.6. The Balaban J connectivity index is 1.42. The van der Waals surface area contributed by atoms with E-state index in [1.54, 1.807) is 0 Å². The van der Waals surface area contributed by atoms with Gasteiger partial charge in [-0.1, -0.05) is 42.5 Å². The number of benzene rings is 1. The highest BCUT2D eigenvalue weighted by Crippen LogP contribution is 2.40. The minimum atomic E-state index is -0.320. The van der Waals surface area contributed by atoms with Gasteiger partial charge in [0.1, 0.15) is 12.7 Å². The van der Waals surface area contributed by atoms with Gasteiger partial charge in [0.25, 0.3) is 0 Å². The number of hydrogen-bond acceptors (Lipinski definition) is 7. The van der Waals surface area contributed by atoms with Crippen LogP contribution in [0.25, 0.3) is 0 Å². The monoisotopic (exact) mass is 474 g/mol. The number of carbonyl (C=O) groups is 2.